The van der Waals surface area contributed by atoms with Gasteiger partial charge in [-0.2, -0.15) is 0 Å². The molecule has 0 N–H and O–H groups in total. The van der Waals surface area contributed by atoms with Crippen LogP contribution in [0.5, 0.6) is 0 Å². The molecule has 11 aromatic rings. The standard InChI is InChI=1S/C56H34N2/c1-3-13-39(14-4-1)55-57-50-34-41(29-31-51(50)58(55)43-17-5-2-6-18-43)40-26-24-36-23-22-35-12-7-9-20-46(35)56(48(36)32-40)47-21-10-8-19-44(47)54-45-30-28-38-16-11-15-37-25-27-42(33-49(54)56)53(45)52(37)38/h1-34H. The van der Waals surface area contributed by atoms with Crippen molar-refractivity contribution in [1.82, 2.24) is 9.55 Å². The average Bonchev–Trinajstić information content (AvgIpc) is 3.77. The number of hydrogen-bond acceptors (Lipinski definition) is 1. The lowest BCUT2D eigenvalue weighted by Gasteiger charge is -2.36. The second-order valence-electron chi connectivity index (χ2n) is 15.8. The number of fused-ring (bicyclic) bond motifs is 11. The van der Waals surface area contributed by atoms with Gasteiger partial charge in [0.1, 0.15) is 5.82 Å². The molecule has 0 saturated heterocycles. The Morgan fingerprint density at radius 2 is 1.09 bits per heavy atom. The van der Waals surface area contributed by atoms with E-state index < -0.39 is 5.41 Å². The van der Waals surface area contributed by atoms with Crippen molar-refractivity contribution in [2.45, 2.75) is 5.41 Å². The number of rotatable bonds is 3. The van der Waals surface area contributed by atoms with E-state index in [-0.39, 0.29) is 0 Å². The zero-order chi connectivity index (χ0) is 38.0. The summed E-state index contributed by atoms with van der Waals surface area (Å²) in [5, 5.41) is 7.89. The molecule has 268 valence electrons. The summed E-state index contributed by atoms with van der Waals surface area (Å²) in [6.07, 6.45) is 4.65. The lowest BCUT2D eigenvalue weighted by atomic mass is 9.65. The Morgan fingerprint density at radius 3 is 1.93 bits per heavy atom. The minimum Gasteiger partial charge on any atom is -0.292 e. The average molecular weight is 735 g/mol. The second kappa shape index (κ2) is 11.7. The van der Waals surface area contributed by atoms with E-state index in [0.29, 0.717) is 0 Å². The van der Waals surface area contributed by atoms with Crippen molar-refractivity contribution < 1.29 is 0 Å². The van der Waals surface area contributed by atoms with Gasteiger partial charge in [0.15, 0.2) is 0 Å². The zero-order valence-electron chi connectivity index (χ0n) is 31.5. The van der Waals surface area contributed by atoms with Gasteiger partial charge in [0, 0.05) is 11.3 Å². The minimum atomic E-state index is -0.554. The topological polar surface area (TPSA) is 17.8 Å². The highest BCUT2D eigenvalue weighted by Gasteiger charge is 2.49. The molecule has 1 unspecified atom stereocenters. The molecular weight excluding hydrogens is 701 g/mol. The third-order valence-electron chi connectivity index (χ3n) is 13.0. The van der Waals surface area contributed by atoms with E-state index in [1.54, 1.807) is 0 Å². The summed E-state index contributed by atoms with van der Waals surface area (Å²) < 4.78 is 2.28. The van der Waals surface area contributed by atoms with E-state index in [4.69, 9.17) is 4.98 Å². The van der Waals surface area contributed by atoms with E-state index in [2.05, 4.69) is 211 Å². The molecule has 0 fully saturated rings. The first-order valence-electron chi connectivity index (χ1n) is 20.1. The Morgan fingerprint density at radius 1 is 0.414 bits per heavy atom. The van der Waals surface area contributed by atoms with Crippen LogP contribution < -0.4 is 0 Å². The van der Waals surface area contributed by atoms with Crippen molar-refractivity contribution in [3.8, 4) is 39.3 Å². The Bertz CT molecular complexity index is 3480. The molecule has 13 rings (SSSR count). The molecule has 2 heteroatoms. The zero-order valence-corrected chi connectivity index (χ0v) is 31.5. The van der Waals surface area contributed by atoms with Crippen LogP contribution in [0.4, 0.5) is 0 Å². The van der Waals surface area contributed by atoms with Crippen molar-refractivity contribution in [2.75, 3.05) is 0 Å². The van der Waals surface area contributed by atoms with E-state index in [1.807, 2.05) is 0 Å². The molecular formula is C56H34N2. The van der Waals surface area contributed by atoms with Gasteiger partial charge in [-0.15, -0.1) is 0 Å². The van der Waals surface area contributed by atoms with Gasteiger partial charge in [0.2, 0.25) is 0 Å². The van der Waals surface area contributed by atoms with Gasteiger partial charge >= 0.3 is 0 Å². The molecule has 1 aromatic heterocycles. The lowest BCUT2D eigenvalue weighted by molar-refractivity contribution is 0.768. The highest BCUT2D eigenvalue weighted by Crippen LogP contribution is 2.61. The van der Waals surface area contributed by atoms with Crippen LogP contribution in [0.3, 0.4) is 0 Å². The molecule has 58 heavy (non-hydrogen) atoms. The molecule has 0 bridgehead atoms. The normalized spacial score (nSPS) is 15.2. The maximum atomic E-state index is 5.33. The van der Waals surface area contributed by atoms with Crippen molar-refractivity contribution in [2.24, 2.45) is 0 Å². The first-order chi connectivity index (χ1) is 28.8. The van der Waals surface area contributed by atoms with Crippen LogP contribution in [0.15, 0.2) is 194 Å². The summed E-state index contributed by atoms with van der Waals surface area (Å²) in [6, 6.07) is 71.8. The summed E-state index contributed by atoms with van der Waals surface area (Å²) in [4.78, 5) is 5.33. The Kier molecular flexibility index (Phi) is 6.40. The van der Waals surface area contributed by atoms with Crippen LogP contribution in [0.25, 0.3) is 94.8 Å². The van der Waals surface area contributed by atoms with Crippen LogP contribution >= 0.6 is 0 Å². The first-order valence-corrected chi connectivity index (χ1v) is 20.1. The quantitative estimate of drug-likeness (QED) is 0.165. The van der Waals surface area contributed by atoms with Crippen LogP contribution in [-0.4, -0.2) is 9.55 Å². The van der Waals surface area contributed by atoms with E-state index in [0.717, 1.165) is 33.7 Å². The maximum Gasteiger partial charge on any atom is 0.145 e. The first kappa shape index (κ1) is 31.6. The van der Waals surface area contributed by atoms with E-state index in [1.165, 1.54) is 82.4 Å². The Hall–Kier alpha value is -7.55. The van der Waals surface area contributed by atoms with Gasteiger partial charge in [-0.05, 0) is 124 Å². The smallest absolute Gasteiger partial charge is 0.145 e. The predicted octanol–water partition coefficient (Wildman–Crippen LogP) is 14.1. The summed E-state index contributed by atoms with van der Waals surface area (Å²) in [5.41, 5.74) is 16.4. The minimum absolute atomic E-state index is 0.554. The second-order valence-corrected chi connectivity index (χ2v) is 15.8. The van der Waals surface area contributed by atoms with E-state index >= 15 is 0 Å². The molecule has 0 aliphatic heterocycles. The fraction of sp³-hybridized carbons (Fsp3) is 0.0179. The molecule has 1 heterocycles. The van der Waals surface area contributed by atoms with Crippen molar-refractivity contribution in [3.05, 3.63) is 228 Å². The molecule has 2 aliphatic carbocycles. The van der Waals surface area contributed by atoms with Gasteiger partial charge in [-0.3, -0.25) is 4.57 Å². The molecule has 0 radical (unpaired) electrons. The number of aromatic nitrogens is 2. The number of benzene rings is 10. The van der Waals surface area contributed by atoms with Gasteiger partial charge in [-0.25, -0.2) is 4.98 Å². The molecule has 0 saturated carbocycles. The lowest BCUT2D eigenvalue weighted by Crippen LogP contribution is -2.30. The van der Waals surface area contributed by atoms with Crippen molar-refractivity contribution in [1.29, 1.82) is 0 Å². The maximum absolute atomic E-state index is 5.33. The van der Waals surface area contributed by atoms with Gasteiger partial charge < -0.3 is 0 Å². The van der Waals surface area contributed by atoms with Gasteiger partial charge in [0.05, 0.1) is 16.4 Å². The summed E-state index contributed by atoms with van der Waals surface area (Å²) in [5.74, 6) is 0.936. The molecule has 0 amide bonds. The van der Waals surface area contributed by atoms with Crippen LogP contribution in [-0.2, 0) is 5.41 Å². The molecule has 2 aliphatic rings. The highest BCUT2D eigenvalue weighted by molar-refractivity contribution is 6.27. The fourth-order valence-corrected chi connectivity index (χ4v) is 10.5. The number of nitrogens with zero attached hydrogens (tertiary/aromatic N) is 2. The van der Waals surface area contributed by atoms with Crippen LogP contribution in [0.1, 0.15) is 33.4 Å². The molecule has 10 aromatic carbocycles. The number of hydrogen-bond donors (Lipinski definition) is 0. The molecule has 1 atom stereocenters. The third-order valence-corrected chi connectivity index (χ3v) is 13.0. The highest BCUT2D eigenvalue weighted by atomic mass is 15.1. The SMILES string of the molecule is C1=Cc2ccc(-c3ccc4c(c3)nc(-c3ccccc3)n4-c3ccccc3)cc2C2(c3ccccc31)c1ccccc1-c1c2cc2ccc3cccc4ccc1c2c34. The summed E-state index contributed by atoms with van der Waals surface area (Å²) in [7, 11) is 0. The summed E-state index contributed by atoms with van der Waals surface area (Å²) in [6.45, 7) is 0. The largest absolute Gasteiger partial charge is 0.292 e. The van der Waals surface area contributed by atoms with Gasteiger partial charge in [0.25, 0.3) is 0 Å². The molecule has 1 spiro atoms. The fourth-order valence-electron chi connectivity index (χ4n) is 10.5. The molecule has 2 nitrogen and oxygen atoms in total. The Balaban J connectivity index is 1.09. The van der Waals surface area contributed by atoms with Gasteiger partial charge in [-0.1, -0.05) is 170 Å². The predicted molar refractivity (Wildman–Crippen MR) is 242 cm³/mol. The van der Waals surface area contributed by atoms with Crippen molar-refractivity contribution in [3.63, 3.8) is 0 Å². The third kappa shape index (κ3) is 4.18. The van der Waals surface area contributed by atoms with Crippen LogP contribution in [0, 0.1) is 0 Å². The van der Waals surface area contributed by atoms with Crippen LogP contribution in [0.2, 0.25) is 0 Å². The van der Waals surface area contributed by atoms with Crippen molar-refractivity contribution >= 4 is 55.5 Å². The Labute approximate surface area is 336 Å². The number of imidazole rings is 1. The monoisotopic (exact) mass is 734 g/mol. The number of para-hydroxylation sites is 1. The van der Waals surface area contributed by atoms with E-state index in [9.17, 15) is 0 Å². The summed E-state index contributed by atoms with van der Waals surface area (Å²) >= 11 is 0.